The topological polar surface area (TPSA) is 30.7 Å². The summed E-state index contributed by atoms with van der Waals surface area (Å²) in [7, 11) is 0. The normalized spacial score (nSPS) is 11.1. The third kappa shape index (κ3) is 3.24. The van der Waals surface area contributed by atoms with Crippen molar-refractivity contribution in [3.05, 3.63) is 89.5 Å². The largest absolute Gasteiger partial charge is 0.275 e. The molecule has 4 rings (SSSR count). The molecule has 29 heavy (non-hydrogen) atoms. The van der Waals surface area contributed by atoms with E-state index in [1.165, 1.54) is 4.57 Å². The molecule has 0 fully saturated rings. The Labute approximate surface area is 159 Å². The smallest absolute Gasteiger partial charge is 0.194 e. The van der Waals surface area contributed by atoms with Gasteiger partial charge in [0.15, 0.2) is 46.6 Å². The van der Waals surface area contributed by atoms with E-state index in [4.69, 9.17) is 0 Å². The fourth-order valence-electron chi connectivity index (χ4n) is 2.85. The lowest BCUT2D eigenvalue weighted by Gasteiger charge is -2.11. The average molecular weight is 405 g/mol. The molecule has 4 aromatic rings. The van der Waals surface area contributed by atoms with Crippen LogP contribution in [0.1, 0.15) is 0 Å². The van der Waals surface area contributed by atoms with E-state index in [2.05, 4.69) is 10.2 Å². The van der Waals surface area contributed by atoms with Crippen molar-refractivity contribution in [2.75, 3.05) is 0 Å². The van der Waals surface area contributed by atoms with Crippen LogP contribution < -0.4 is 0 Å². The maximum Gasteiger partial charge on any atom is 0.194 e. The molecule has 0 atom stereocenters. The second-order valence-electron chi connectivity index (χ2n) is 6.03. The molecule has 0 saturated heterocycles. The molecule has 9 heteroatoms. The molecule has 3 aromatic carbocycles. The Morgan fingerprint density at radius 2 is 0.931 bits per heavy atom. The van der Waals surface area contributed by atoms with Gasteiger partial charge in [-0.1, -0.05) is 18.2 Å². The molecule has 146 valence electrons. The van der Waals surface area contributed by atoms with Crippen molar-refractivity contribution in [3.63, 3.8) is 0 Å². The van der Waals surface area contributed by atoms with Gasteiger partial charge in [-0.15, -0.1) is 10.2 Å². The molecule has 0 amide bonds. The third-order valence-electron chi connectivity index (χ3n) is 4.16. The Hall–Kier alpha value is -3.62. The predicted octanol–water partition coefficient (Wildman–Crippen LogP) is 5.44. The van der Waals surface area contributed by atoms with Gasteiger partial charge in [-0.25, -0.2) is 26.3 Å². The highest BCUT2D eigenvalue weighted by atomic mass is 19.2. The number of benzene rings is 3. The predicted molar refractivity (Wildman–Crippen MR) is 92.0 cm³/mol. The molecule has 0 radical (unpaired) electrons. The molecule has 3 nitrogen and oxygen atoms in total. The molecule has 0 bridgehead atoms. The Balaban J connectivity index is 2.00. The second-order valence-corrected chi connectivity index (χ2v) is 6.03. The number of halogens is 6. The van der Waals surface area contributed by atoms with Crippen LogP contribution in [0, 0.1) is 34.9 Å². The van der Waals surface area contributed by atoms with Crippen molar-refractivity contribution in [3.8, 4) is 28.5 Å². The van der Waals surface area contributed by atoms with E-state index in [0.717, 1.165) is 24.3 Å². The third-order valence-corrected chi connectivity index (χ3v) is 4.16. The van der Waals surface area contributed by atoms with E-state index in [0.29, 0.717) is 5.69 Å². The molecule has 0 aliphatic rings. The first-order valence-corrected chi connectivity index (χ1v) is 8.17. The molecule has 1 aromatic heterocycles. The quantitative estimate of drug-likeness (QED) is 0.336. The first-order valence-electron chi connectivity index (χ1n) is 8.17. The molecule has 0 aliphatic carbocycles. The Morgan fingerprint density at radius 3 is 1.31 bits per heavy atom. The van der Waals surface area contributed by atoms with Crippen molar-refractivity contribution in [1.29, 1.82) is 0 Å². The summed E-state index contributed by atoms with van der Waals surface area (Å²) in [5, 5.41) is 7.70. The van der Waals surface area contributed by atoms with Gasteiger partial charge in [0.05, 0.1) is 0 Å². The molecule has 0 saturated carbocycles. The summed E-state index contributed by atoms with van der Waals surface area (Å²) in [4.78, 5) is 0. The maximum atomic E-state index is 13.7. The maximum absolute atomic E-state index is 13.7. The van der Waals surface area contributed by atoms with Crippen LogP contribution in [0.5, 0.6) is 0 Å². The van der Waals surface area contributed by atoms with E-state index in [1.54, 1.807) is 30.3 Å². The number of rotatable bonds is 3. The first-order chi connectivity index (χ1) is 13.9. The van der Waals surface area contributed by atoms with Gasteiger partial charge in [-0.2, -0.15) is 0 Å². The average Bonchev–Trinajstić information content (AvgIpc) is 3.15. The zero-order chi connectivity index (χ0) is 20.7. The van der Waals surface area contributed by atoms with E-state index in [1.807, 2.05) is 0 Å². The first kappa shape index (κ1) is 18.7. The van der Waals surface area contributed by atoms with Crippen LogP contribution in [0.4, 0.5) is 26.3 Å². The summed E-state index contributed by atoms with van der Waals surface area (Å²) in [6.45, 7) is 0. The zero-order valence-electron chi connectivity index (χ0n) is 14.3. The van der Waals surface area contributed by atoms with Crippen molar-refractivity contribution in [2.24, 2.45) is 0 Å². The number of hydrogen-bond acceptors (Lipinski definition) is 2. The number of nitrogens with zero attached hydrogens (tertiary/aromatic N) is 3. The van der Waals surface area contributed by atoms with Gasteiger partial charge in [-0.3, -0.25) is 4.57 Å². The summed E-state index contributed by atoms with van der Waals surface area (Å²) >= 11 is 0. The van der Waals surface area contributed by atoms with E-state index >= 15 is 0 Å². The minimum atomic E-state index is -1.65. The van der Waals surface area contributed by atoms with Crippen molar-refractivity contribution < 1.29 is 26.3 Å². The summed E-state index contributed by atoms with van der Waals surface area (Å²) < 4.78 is 82.8. The fraction of sp³-hybridized carbons (Fsp3) is 0. The summed E-state index contributed by atoms with van der Waals surface area (Å²) in [5.41, 5.74) is 0.0666. The van der Waals surface area contributed by atoms with E-state index in [-0.39, 0.29) is 22.8 Å². The number of hydrogen-bond donors (Lipinski definition) is 0. The van der Waals surface area contributed by atoms with Crippen LogP contribution in [-0.2, 0) is 0 Å². The van der Waals surface area contributed by atoms with Gasteiger partial charge in [0.2, 0.25) is 0 Å². The summed E-state index contributed by atoms with van der Waals surface area (Å²) in [6.07, 6.45) is 0. The van der Waals surface area contributed by atoms with Crippen LogP contribution in [0.2, 0.25) is 0 Å². The van der Waals surface area contributed by atoms with Gasteiger partial charge in [0, 0.05) is 16.8 Å². The van der Waals surface area contributed by atoms with Gasteiger partial charge in [0.1, 0.15) is 0 Å². The van der Waals surface area contributed by atoms with Gasteiger partial charge < -0.3 is 0 Å². The van der Waals surface area contributed by atoms with E-state index in [9.17, 15) is 26.3 Å². The minimum absolute atomic E-state index is 0.117. The van der Waals surface area contributed by atoms with Gasteiger partial charge >= 0.3 is 0 Å². The second kappa shape index (κ2) is 7.08. The molecular formula is C20H9F6N3. The highest BCUT2D eigenvalue weighted by molar-refractivity contribution is 5.67. The highest BCUT2D eigenvalue weighted by Crippen LogP contribution is 2.31. The molecule has 0 N–H and O–H groups in total. The number of aromatic nitrogens is 3. The highest BCUT2D eigenvalue weighted by Gasteiger charge is 2.22. The van der Waals surface area contributed by atoms with Crippen molar-refractivity contribution in [2.45, 2.75) is 0 Å². The molecule has 0 spiro atoms. The van der Waals surface area contributed by atoms with Crippen LogP contribution in [-0.4, -0.2) is 14.8 Å². The van der Waals surface area contributed by atoms with Gasteiger partial charge in [0.25, 0.3) is 0 Å². The summed E-state index contributed by atoms with van der Waals surface area (Å²) in [5.74, 6) is -9.30. The van der Waals surface area contributed by atoms with Crippen LogP contribution >= 0.6 is 0 Å². The lowest BCUT2D eigenvalue weighted by atomic mass is 10.1. The lowest BCUT2D eigenvalue weighted by Crippen LogP contribution is -2.02. The Morgan fingerprint density at radius 1 is 0.552 bits per heavy atom. The number of para-hydroxylation sites is 1. The molecule has 0 aliphatic heterocycles. The van der Waals surface area contributed by atoms with Crippen LogP contribution in [0.3, 0.4) is 0 Å². The Bertz CT molecular complexity index is 1100. The van der Waals surface area contributed by atoms with Crippen LogP contribution in [0.15, 0.2) is 54.6 Å². The molecular weight excluding hydrogens is 396 g/mol. The van der Waals surface area contributed by atoms with Crippen LogP contribution in [0.25, 0.3) is 28.5 Å². The lowest BCUT2D eigenvalue weighted by molar-refractivity contribution is 0.447. The van der Waals surface area contributed by atoms with Gasteiger partial charge in [-0.05, 0) is 36.4 Å². The fourth-order valence-corrected chi connectivity index (χ4v) is 2.85. The van der Waals surface area contributed by atoms with E-state index < -0.39 is 34.9 Å². The monoisotopic (exact) mass is 405 g/mol. The SMILES string of the molecule is Fc1cc(-c2nnc(-c3cc(F)c(F)c(F)c3)n2-c2ccccc2)cc(F)c1F. The van der Waals surface area contributed by atoms with Crippen molar-refractivity contribution >= 4 is 0 Å². The molecule has 0 unspecified atom stereocenters. The van der Waals surface area contributed by atoms with Crippen molar-refractivity contribution in [1.82, 2.24) is 14.8 Å². The summed E-state index contributed by atoms with van der Waals surface area (Å²) in [6, 6.07) is 11.0. The minimum Gasteiger partial charge on any atom is -0.275 e. The molecule has 1 heterocycles. The standard InChI is InChI=1S/C20H9F6N3/c21-13-6-10(7-14(22)17(13)25)19-27-28-20(29(19)12-4-2-1-3-5-12)11-8-15(23)18(26)16(24)9-11/h1-9H. The Kier molecular flexibility index (Phi) is 4.57. The zero-order valence-corrected chi connectivity index (χ0v) is 14.3.